The van der Waals surface area contributed by atoms with Crippen molar-refractivity contribution in [1.82, 2.24) is 5.32 Å². The van der Waals surface area contributed by atoms with Gasteiger partial charge in [-0.2, -0.15) is 0 Å². The highest BCUT2D eigenvalue weighted by atomic mass is 79.9. The van der Waals surface area contributed by atoms with Gasteiger partial charge < -0.3 is 15.2 Å². The third kappa shape index (κ3) is 6.66. The van der Waals surface area contributed by atoms with Gasteiger partial charge in [-0.1, -0.05) is 29.8 Å². The zero-order valence-electron chi connectivity index (χ0n) is 10.3. The van der Waals surface area contributed by atoms with Crippen molar-refractivity contribution in [3.05, 3.63) is 28.7 Å². The van der Waals surface area contributed by atoms with Crippen LogP contribution >= 0.6 is 15.9 Å². The minimum Gasteiger partial charge on any atom is -0.491 e. The van der Waals surface area contributed by atoms with E-state index in [0.717, 1.165) is 16.8 Å². The summed E-state index contributed by atoms with van der Waals surface area (Å²) >= 11 is 3.36. The highest BCUT2D eigenvalue weighted by Gasteiger charge is 2.05. The van der Waals surface area contributed by atoms with E-state index in [2.05, 4.69) is 35.1 Å². The van der Waals surface area contributed by atoms with Crippen molar-refractivity contribution in [1.29, 1.82) is 0 Å². The maximum absolute atomic E-state index is 9.68. The van der Waals surface area contributed by atoms with Gasteiger partial charge in [0, 0.05) is 11.0 Å². The monoisotopic (exact) mass is 301 g/mol. The fourth-order valence-electron chi connectivity index (χ4n) is 1.32. The van der Waals surface area contributed by atoms with Gasteiger partial charge >= 0.3 is 0 Å². The Hall–Kier alpha value is -0.580. The Morgan fingerprint density at radius 3 is 2.47 bits per heavy atom. The lowest BCUT2D eigenvalue weighted by atomic mass is 10.2. The Kier molecular flexibility index (Phi) is 6.55. The van der Waals surface area contributed by atoms with E-state index in [4.69, 9.17) is 4.74 Å². The standard InChI is InChI=1S/C13H20BrNO2/c1-10(2)7-15-8-12(16)9-17-13-5-3-11(14)4-6-13/h3-6,10,12,15-16H,7-9H2,1-2H3/t12-/m1/s1. The molecule has 0 aliphatic heterocycles. The van der Waals surface area contributed by atoms with Gasteiger partial charge in [-0.25, -0.2) is 0 Å². The zero-order valence-corrected chi connectivity index (χ0v) is 11.9. The van der Waals surface area contributed by atoms with Crippen LogP contribution in [0.1, 0.15) is 13.8 Å². The predicted octanol–water partition coefficient (Wildman–Crippen LogP) is 2.43. The van der Waals surface area contributed by atoms with E-state index in [-0.39, 0.29) is 0 Å². The van der Waals surface area contributed by atoms with E-state index in [1.807, 2.05) is 24.3 Å². The van der Waals surface area contributed by atoms with Gasteiger partial charge in [-0.3, -0.25) is 0 Å². The quantitative estimate of drug-likeness (QED) is 0.813. The Morgan fingerprint density at radius 2 is 1.88 bits per heavy atom. The van der Waals surface area contributed by atoms with E-state index in [1.165, 1.54) is 0 Å². The van der Waals surface area contributed by atoms with Crippen LogP contribution in [0.15, 0.2) is 28.7 Å². The Balaban J connectivity index is 2.19. The van der Waals surface area contributed by atoms with E-state index >= 15 is 0 Å². The first-order chi connectivity index (χ1) is 8.08. The molecule has 17 heavy (non-hydrogen) atoms. The number of hydrogen-bond donors (Lipinski definition) is 2. The minimum atomic E-state index is -0.475. The van der Waals surface area contributed by atoms with Crippen LogP contribution in [-0.4, -0.2) is 30.9 Å². The molecule has 1 atom stereocenters. The van der Waals surface area contributed by atoms with Crippen LogP contribution in [0.2, 0.25) is 0 Å². The molecule has 0 aromatic heterocycles. The summed E-state index contributed by atoms with van der Waals surface area (Å²) < 4.78 is 6.49. The number of aliphatic hydroxyl groups is 1. The maximum Gasteiger partial charge on any atom is 0.119 e. The Morgan fingerprint density at radius 1 is 1.24 bits per heavy atom. The van der Waals surface area contributed by atoms with Gasteiger partial charge in [0.05, 0.1) is 0 Å². The topological polar surface area (TPSA) is 41.5 Å². The molecule has 96 valence electrons. The van der Waals surface area contributed by atoms with Crippen molar-refractivity contribution in [3.63, 3.8) is 0 Å². The van der Waals surface area contributed by atoms with Gasteiger partial charge in [0.1, 0.15) is 18.5 Å². The first kappa shape index (κ1) is 14.5. The first-order valence-corrected chi connectivity index (χ1v) is 6.64. The largest absolute Gasteiger partial charge is 0.491 e. The minimum absolute atomic E-state index is 0.312. The smallest absolute Gasteiger partial charge is 0.119 e. The predicted molar refractivity (Wildman–Crippen MR) is 73.4 cm³/mol. The van der Waals surface area contributed by atoms with Crippen LogP contribution < -0.4 is 10.1 Å². The number of benzene rings is 1. The molecule has 0 amide bonds. The molecule has 0 heterocycles. The summed E-state index contributed by atoms with van der Waals surface area (Å²) in [6, 6.07) is 7.58. The average molecular weight is 302 g/mol. The zero-order chi connectivity index (χ0) is 12.7. The molecule has 0 unspecified atom stereocenters. The molecule has 3 nitrogen and oxygen atoms in total. The summed E-state index contributed by atoms with van der Waals surface area (Å²) in [5.41, 5.74) is 0. The summed E-state index contributed by atoms with van der Waals surface area (Å²) in [6.07, 6.45) is -0.475. The van der Waals surface area contributed by atoms with Crippen LogP contribution in [0.3, 0.4) is 0 Å². The van der Waals surface area contributed by atoms with Gasteiger partial charge in [0.15, 0.2) is 0 Å². The van der Waals surface area contributed by atoms with Crippen LogP contribution in [0, 0.1) is 5.92 Å². The third-order valence-corrected chi connectivity index (χ3v) is 2.72. The van der Waals surface area contributed by atoms with E-state index < -0.39 is 6.10 Å². The number of hydrogen-bond acceptors (Lipinski definition) is 3. The van der Waals surface area contributed by atoms with Crippen molar-refractivity contribution in [2.45, 2.75) is 20.0 Å². The number of ether oxygens (including phenoxy) is 1. The summed E-state index contributed by atoms with van der Waals surface area (Å²) in [6.45, 7) is 6.06. The van der Waals surface area contributed by atoms with Crippen LogP contribution in [0.25, 0.3) is 0 Å². The second-order valence-electron chi connectivity index (χ2n) is 4.47. The van der Waals surface area contributed by atoms with E-state index in [0.29, 0.717) is 19.1 Å². The summed E-state index contributed by atoms with van der Waals surface area (Å²) in [5.74, 6) is 1.37. The molecule has 4 heteroatoms. The van der Waals surface area contributed by atoms with Crippen molar-refractivity contribution >= 4 is 15.9 Å². The Bertz CT molecular complexity index is 314. The maximum atomic E-state index is 9.68. The first-order valence-electron chi connectivity index (χ1n) is 5.85. The molecule has 1 aromatic carbocycles. The van der Waals surface area contributed by atoms with Crippen LogP contribution in [-0.2, 0) is 0 Å². The molecule has 0 aliphatic rings. The summed E-state index contributed by atoms with van der Waals surface area (Å²) in [7, 11) is 0. The summed E-state index contributed by atoms with van der Waals surface area (Å²) in [4.78, 5) is 0. The molecule has 2 N–H and O–H groups in total. The second-order valence-corrected chi connectivity index (χ2v) is 5.39. The molecular weight excluding hydrogens is 282 g/mol. The van der Waals surface area contributed by atoms with Crippen molar-refractivity contribution in [3.8, 4) is 5.75 Å². The molecule has 0 bridgehead atoms. The fourth-order valence-corrected chi connectivity index (χ4v) is 1.59. The normalized spacial score (nSPS) is 12.8. The molecule has 1 rings (SSSR count). The van der Waals surface area contributed by atoms with Gasteiger partial charge in [-0.05, 0) is 36.7 Å². The third-order valence-electron chi connectivity index (χ3n) is 2.19. The van der Waals surface area contributed by atoms with E-state index in [1.54, 1.807) is 0 Å². The SMILES string of the molecule is CC(C)CNC[C@@H](O)COc1ccc(Br)cc1. The molecule has 0 radical (unpaired) electrons. The van der Waals surface area contributed by atoms with E-state index in [9.17, 15) is 5.11 Å². The lowest BCUT2D eigenvalue weighted by Crippen LogP contribution is -2.33. The van der Waals surface area contributed by atoms with Crippen molar-refractivity contribution in [2.75, 3.05) is 19.7 Å². The fraction of sp³-hybridized carbons (Fsp3) is 0.538. The Labute approximate surface area is 111 Å². The lowest BCUT2D eigenvalue weighted by molar-refractivity contribution is 0.106. The van der Waals surface area contributed by atoms with Crippen LogP contribution in [0.4, 0.5) is 0 Å². The molecule has 0 spiro atoms. The number of rotatable bonds is 7. The molecule has 0 fully saturated rings. The van der Waals surface area contributed by atoms with Crippen molar-refractivity contribution in [2.24, 2.45) is 5.92 Å². The molecule has 0 saturated carbocycles. The van der Waals surface area contributed by atoms with Gasteiger partial charge in [-0.15, -0.1) is 0 Å². The highest BCUT2D eigenvalue weighted by Crippen LogP contribution is 2.16. The van der Waals surface area contributed by atoms with Crippen LogP contribution in [0.5, 0.6) is 5.75 Å². The summed E-state index contributed by atoms with van der Waals surface area (Å²) in [5, 5.41) is 12.9. The molecule has 0 aliphatic carbocycles. The van der Waals surface area contributed by atoms with Gasteiger partial charge in [0.25, 0.3) is 0 Å². The molecular formula is C13H20BrNO2. The average Bonchev–Trinajstić information content (AvgIpc) is 2.28. The number of aliphatic hydroxyl groups excluding tert-OH is 1. The lowest BCUT2D eigenvalue weighted by Gasteiger charge is -2.14. The highest BCUT2D eigenvalue weighted by molar-refractivity contribution is 9.10. The van der Waals surface area contributed by atoms with Gasteiger partial charge in [0.2, 0.25) is 0 Å². The molecule has 1 aromatic rings. The molecule has 0 saturated heterocycles. The second kappa shape index (κ2) is 7.69. The number of nitrogens with one attached hydrogen (secondary N) is 1. The number of halogens is 1. The van der Waals surface area contributed by atoms with Crippen molar-refractivity contribution < 1.29 is 9.84 Å².